The Labute approximate surface area is 102 Å². The molecule has 0 saturated carbocycles. The Morgan fingerprint density at radius 2 is 2.35 bits per heavy atom. The van der Waals surface area contributed by atoms with Crippen LogP contribution in [0.25, 0.3) is 0 Å². The number of aliphatic hydroxyl groups excluding tert-OH is 1. The second-order valence-corrected chi connectivity index (χ2v) is 4.22. The molecule has 2 rings (SSSR count). The summed E-state index contributed by atoms with van der Waals surface area (Å²) >= 11 is 5.94. The highest BCUT2D eigenvalue weighted by Crippen LogP contribution is 2.37. The highest BCUT2D eigenvalue weighted by atomic mass is 35.5. The molecule has 1 aromatic carbocycles. The molecule has 0 aliphatic carbocycles. The van der Waals surface area contributed by atoms with Crippen LogP contribution in [0.4, 0.5) is 11.4 Å². The zero-order valence-electron chi connectivity index (χ0n) is 9.09. The van der Waals surface area contributed by atoms with E-state index >= 15 is 0 Å². The molecule has 7 heteroatoms. The number of hydrogen-bond acceptors (Lipinski definition) is 5. The third-order valence-corrected chi connectivity index (χ3v) is 3.00. The van der Waals surface area contributed by atoms with E-state index in [-0.39, 0.29) is 18.8 Å². The van der Waals surface area contributed by atoms with E-state index in [1.165, 1.54) is 17.2 Å². The lowest BCUT2D eigenvalue weighted by atomic mass is 10.1. The Kier molecular flexibility index (Phi) is 3.19. The highest BCUT2D eigenvalue weighted by Gasteiger charge is 2.30. The van der Waals surface area contributed by atoms with Gasteiger partial charge in [-0.25, -0.2) is 5.06 Å². The number of benzene rings is 1. The van der Waals surface area contributed by atoms with Gasteiger partial charge in [-0.2, -0.15) is 0 Å². The first-order chi connectivity index (χ1) is 8.00. The van der Waals surface area contributed by atoms with Crippen LogP contribution in [0.2, 0.25) is 5.02 Å². The van der Waals surface area contributed by atoms with E-state index in [9.17, 15) is 15.2 Å². The van der Waals surface area contributed by atoms with Gasteiger partial charge in [0.1, 0.15) is 12.3 Å². The Morgan fingerprint density at radius 3 is 2.88 bits per heavy atom. The van der Waals surface area contributed by atoms with Crippen LogP contribution in [0.5, 0.6) is 0 Å². The number of aliphatic hydroxyl groups is 1. The molecule has 1 heterocycles. The molecule has 6 nitrogen and oxygen atoms in total. The second kappa shape index (κ2) is 4.48. The number of nitrogens with zero attached hydrogens (tertiary/aromatic N) is 2. The van der Waals surface area contributed by atoms with Crippen molar-refractivity contribution in [2.45, 2.75) is 13.0 Å². The summed E-state index contributed by atoms with van der Waals surface area (Å²) in [6, 6.07) is 2.81. The molecule has 0 aromatic heterocycles. The molecule has 92 valence electrons. The van der Waals surface area contributed by atoms with Crippen molar-refractivity contribution in [1.29, 1.82) is 0 Å². The summed E-state index contributed by atoms with van der Waals surface area (Å²) in [5.74, 6) is 0. The number of nitro groups is 1. The number of β-amino-alcohol motifs (C(OH)–C–C–N with tert-alkyl or cyclic N) is 1. The lowest BCUT2D eigenvalue weighted by Crippen LogP contribution is -2.22. The fourth-order valence-electron chi connectivity index (χ4n) is 1.75. The van der Waals surface area contributed by atoms with Crippen molar-refractivity contribution < 1.29 is 14.9 Å². The molecule has 0 radical (unpaired) electrons. The first-order valence-electron chi connectivity index (χ1n) is 5.02. The molecule has 1 saturated heterocycles. The predicted octanol–water partition coefficient (Wildman–Crippen LogP) is 1.67. The third-order valence-electron chi connectivity index (χ3n) is 2.59. The van der Waals surface area contributed by atoms with Gasteiger partial charge in [0.2, 0.25) is 0 Å². The van der Waals surface area contributed by atoms with Crippen LogP contribution in [0, 0.1) is 17.0 Å². The fraction of sp³-hybridized carbons (Fsp3) is 0.400. The quantitative estimate of drug-likeness (QED) is 0.645. The van der Waals surface area contributed by atoms with Gasteiger partial charge in [0.15, 0.2) is 0 Å². The lowest BCUT2D eigenvalue weighted by Gasteiger charge is -2.18. The van der Waals surface area contributed by atoms with E-state index < -0.39 is 11.0 Å². The Bertz CT molecular complexity index is 466. The molecule has 1 N–H and O–H groups in total. The summed E-state index contributed by atoms with van der Waals surface area (Å²) in [5, 5.41) is 22.1. The zero-order chi connectivity index (χ0) is 12.6. The molecule has 1 aromatic rings. The van der Waals surface area contributed by atoms with Crippen molar-refractivity contribution in [2.75, 3.05) is 18.2 Å². The van der Waals surface area contributed by atoms with Crippen molar-refractivity contribution in [3.05, 3.63) is 32.8 Å². The maximum atomic E-state index is 10.9. The second-order valence-electron chi connectivity index (χ2n) is 3.81. The van der Waals surface area contributed by atoms with Crippen molar-refractivity contribution in [3.8, 4) is 0 Å². The van der Waals surface area contributed by atoms with Crippen molar-refractivity contribution in [3.63, 3.8) is 0 Å². The van der Waals surface area contributed by atoms with Gasteiger partial charge >= 0.3 is 0 Å². The molecule has 1 atom stereocenters. The molecular weight excluding hydrogens is 248 g/mol. The topological polar surface area (TPSA) is 75.8 Å². The van der Waals surface area contributed by atoms with Gasteiger partial charge in [-0.15, -0.1) is 0 Å². The number of hydroxylamine groups is 1. The van der Waals surface area contributed by atoms with Gasteiger partial charge in [0, 0.05) is 16.7 Å². The summed E-state index contributed by atoms with van der Waals surface area (Å²) in [4.78, 5) is 15.6. The Balaban J connectivity index is 2.49. The lowest BCUT2D eigenvalue weighted by molar-refractivity contribution is -0.384. The number of nitro benzene ring substituents is 1. The van der Waals surface area contributed by atoms with Gasteiger partial charge in [-0.1, -0.05) is 11.6 Å². The minimum atomic E-state index is -0.645. The van der Waals surface area contributed by atoms with Crippen molar-refractivity contribution in [1.82, 2.24) is 0 Å². The number of rotatable bonds is 2. The van der Waals surface area contributed by atoms with Crippen LogP contribution in [0.3, 0.4) is 0 Å². The molecule has 17 heavy (non-hydrogen) atoms. The monoisotopic (exact) mass is 258 g/mol. The number of anilines is 1. The van der Waals surface area contributed by atoms with Gasteiger partial charge in [0.05, 0.1) is 17.6 Å². The molecule has 1 unspecified atom stereocenters. The largest absolute Gasteiger partial charge is 0.389 e. The molecule has 1 aliphatic heterocycles. The third kappa shape index (κ3) is 2.19. The van der Waals surface area contributed by atoms with Gasteiger partial charge in [-0.05, 0) is 13.0 Å². The summed E-state index contributed by atoms with van der Waals surface area (Å²) in [6.07, 6.45) is -0.645. The normalized spacial score (nSPS) is 19.7. The smallest absolute Gasteiger partial charge is 0.295 e. The Morgan fingerprint density at radius 1 is 1.65 bits per heavy atom. The summed E-state index contributed by atoms with van der Waals surface area (Å²) < 4.78 is 0. The maximum Gasteiger partial charge on any atom is 0.295 e. The van der Waals surface area contributed by atoms with E-state index in [1.807, 2.05) is 0 Å². The summed E-state index contributed by atoms with van der Waals surface area (Å²) in [7, 11) is 0. The van der Waals surface area contributed by atoms with Crippen LogP contribution in [0.15, 0.2) is 12.1 Å². The van der Waals surface area contributed by atoms with E-state index in [2.05, 4.69) is 0 Å². The summed E-state index contributed by atoms with van der Waals surface area (Å²) in [6.45, 7) is 2.00. The van der Waals surface area contributed by atoms with Crippen molar-refractivity contribution in [2.24, 2.45) is 0 Å². The molecule has 1 fully saturated rings. The average Bonchev–Trinajstić information content (AvgIpc) is 2.68. The van der Waals surface area contributed by atoms with Crippen LogP contribution in [-0.2, 0) is 4.84 Å². The summed E-state index contributed by atoms with van der Waals surface area (Å²) in [5.41, 5.74) is 0.787. The van der Waals surface area contributed by atoms with Crippen LogP contribution >= 0.6 is 11.6 Å². The van der Waals surface area contributed by atoms with Crippen LogP contribution < -0.4 is 5.06 Å². The standard InChI is InChI=1S/C10H11ClN2O4/c1-6-8(11)2-3-9(13(15)16)10(6)12-4-7(14)5-17-12/h2-3,7,14H,4-5H2,1H3. The SMILES string of the molecule is Cc1c(Cl)ccc([N+](=O)[O-])c1N1CC(O)CO1. The Hall–Kier alpha value is -1.37. The van der Waals surface area contributed by atoms with E-state index in [0.29, 0.717) is 16.3 Å². The first-order valence-corrected chi connectivity index (χ1v) is 5.40. The maximum absolute atomic E-state index is 10.9. The molecule has 0 amide bonds. The van der Waals surface area contributed by atoms with E-state index in [1.54, 1.807) is 6.92 Å². The average molecular weight is 259 g/mol. The van der Waals surface area contributed by atoms with E-state index in [4.69, 9.17) is 16.4 Å². The highest BCUT2D eigenvalue weighted by molar-refractivity contribution is 6.31. The van der Waals surface area contributed by atoms with Crippen molar-refractivity contribution >= 4 is 23.0 Å². The number of halogens is 1. The molecular formula is C10H11ClN2O4. The predicted molar refractivity (Wildman–Crippen MR) is 62.1 cm³/mol. The zero-order valence-corrected chi connectivity index (χ0v) is 9.85. The minimum absolute atomic E-state index is 0.0824. The fourth-order valence-corrected chi connectivity index (χ4v) is 1.90. The minimum Gasteiger partial charge on any atom is -0.389 e. The first kappa shape index (κ1) is 12.1. The van der Waals surface area contributed by atoms with Gasteiger partial charge in [-0.3, -0.25) is 15.0 Å². The molecule has 0 spiro atoms. The van der Waals surface area contributed by atoms with E-state index in [0.717, 1.165) is 0 Å². The molecule has 0 bridgehead atoms. The van der Waals surface area contributed by atoms with Crippen LogP contribution in [0.1, 0.15) is 5.56 Å². The number of hydrogen-bond donors (Lipinski definition) is 1. The van der Waals surface area contributed by atoms with Gasteiger partial charge < -0.3 is 5.11 Å². The van der Waals surface area contributed by atoms with Crippen LogP contribution in [-0.4, -0.2) is 29.3 Å². The van der Waals surface area contributed by atoms with Gasteiger partial charge in [0.25, 0.3) is 5.69 Å². The molecule has 1 aliphatic rings.